The standard InChI is InChI=1S/C15H14Cl2F3N3O3.C15H22ClNO2.C9H16ClN5.C3H8NO5P/c1-3-26-13(24)10(17)4-8-5-12(11(18)6-9(8)16)23-15(25)22(14(19)20)7(2)21-23;1-5-13-8-6-7-11(2)15(13)17(14(18)9-16)12(3)10-19-4;1-5-11-7-12-6(10)13-8(14-7)15-9(2,3)4;5-3(6)1-4-2-10(7,8)9/h5-6,10,14H,3-4H2,1-2H3;6-8,12H,5,9-10H2,1-4H3;5H2,1-4H3,(H2,11,12,13,14,15);4H,1-2H2,(H,5,6)(H2,7,8,9). The van der Waals surface area contributed by atoms with E-state index in [1.807, 2.05) is 53.7 Å². The molecule has 0 bridgehead atoms. The Hall–Kier alpha value is -4.58. The van der Waals surface area contributed by atoms with Gasteiger partial charge >= 0.3 is 31.8 Å². The molecule has 0 aliphatic rings. The van der Waals surface area contributed by atoms with Crippen LogP contribution in [-0.4, -0.2) is 125 Å². The molecule has 2 unspecified atom stereocenters. The number of aromatic nitrogens is 6. The number of carbonyl (C=O) groups is 3. The van der Waals surface area contributed by atoms with E-state index in [2.05, 4.69) is 49.0 Å². The highest BCUT2D eigenvalue weighted by Gasteiger charge is 2.26. The molecule has 0 aliphatic heterocycles. The van der Waals surface area contributed by atoms with Crippen molar-refractivity contribution in [1.82, 2.24) is 34.6 Å². The summed E-state index contributed by atoms with van der Waals surface area (Å²) in [7, 11) is -2.46. The van der Waals surface area contributed by atoms with Crippen molar-refractivity contribution in [3.05, 3.63) is 79.5 Å². The molecular weight excluding hydrogens is 1030 g/mol. The summed E-state index contributed by atoms with van der Waals surface area (Å²) in [6.07, 6.45) is 0.165. The number of aryl methyl sites for hydroxylation is 3. The second-order valence-corrected chi connectivity index (χ2v) is 18.8. The van der Waals surface area contributed by atoms with Gasteiger partial charge in [0.05, 0.1) is 37.8 Å². The summed E-state index contributed by atoms with van der Waals surface area (Å²) in [6, 6.07) is 8.07. The minimum absolute atomic E-state index is 0.0223. The summed E-state index contributed by atoms with van der Waals surface area (Å²) in [5, 5.41) is 18.9. The van der Waals surface area contributed by atoms with Gasteiger partial charge in [0.25, 0.3) is 0 Å². The summed E-state index contributed by atoms with van der Waals surface area (Å²) < 4.78 is 60.7. The maximum Gasteiger partial charge on any atom is 0.355 e. The minimum atomic E-state index is -4.10. The van der Waals surface area contributed by atoms with Crippen molar-refractivity contribution in [1.29, 1.82) is 0 Å². The van der Waals surface area contributed by atoms with Crippen molar-refractivity contribution < 1.29 is 56.5 Å². The molecule has 2 heterocycles. The lowest BCUT2D eigenvalue weighted by Gasteiger charge is -2.31. The van der Waals surface area contributed by atoms with E-state index in [0.29, 0.717) is 23.2 Å². The van der Waals surface area contributed by atoms with Gasteiger partial charge < -0.3 is 39.9 Å². The maximum absolute atomic E-state index is 14.2. The first-order valence-electron chi connectivity index (χ1n) is 21.2. The molecule has 2 atom stereocenters. The SMILES string of the molecule is CCNc1nc(Cl)nc(NC(C)(C)C)n1.CCOC(=O)C(Cl)Cc1cc(-n2nc(C)n(C(F)F)c2=O)c(F)cc1Cl.CCc1cccc(C)c1N(C(=O)CCl)C(C)COC.O=C(O)CNCP(=O)(O)O. The third kappa shape index (κ3) is 21.8. The van der Waals surface area contributed by atoms with Crippen LogP contribution in [0.5, 0.6) is 0 Å². The molecule has 6 N–H and O–H groups in total. The first kappa shape index (κ1) is 63.4. The Kier molecular flexibility index (Phi) is 27.5. The summed E-state index contributed by atoms with van der Waals surface area (Å²) in [6.45, 7) is 14.7. The quantitative estimate of drug-likeness (QED) is 0.0304. The molecule has 0 spiro atoms. The Balaban J connectivity index is 0.000000493. The molecule has 20 nitrogen and oxygen atoms in total. The van der Waals surface area contributed by atoms with E-state index < -0.39 is 55.8 Å². The highest BCUT2D eigenvalue weighted by Crippen LogP contribution is 2.32. The number of benzene rings is 2. The molecule has 0 saturated heterocycles. The number of alkyl halides is 4. The fourth-order valence-corrected chi connectivity index (χ4v) is 7.02. The van der Waals surface area contributed by atoms with Crippen LogP contribution in [0.3, 0.4) is 0 Å². The van der Waals surface area contributed by atoms with Gasteiger partial charge in [0, 0.05) is 30.6 Å². The number of anilines is 3. The molecule has 28 heteroatoms. The molecular formula is C42H60Cl4F3N10O10P. The number of esters is 1. The molecule has 2 aromatic carbocycles. The highest BCUT2D eigenvalue weighted by atomic mass is 35.5. The van der Waals surface area contributed by atoms with Gasteiger partial charge in [-0.15, -0.1) is 28.3 Å². The van der Waals surface area contributed by atoms with Gasteiger partial charge in [-0.3, -0.25) is 24.3 Å². The lowest BCUT2D eigenvalue weighted by atomic mass is 10.0. The number of hydrogen-bond donors (Lipinski definition) is 6. The fourth-order valence-electron chi connectivity index (χ4n) is 5.87. The Morgan fingerprint density at radius 1 is 1.01 bits per heavy atom. The Morgan fingerprint density at radius 3 is 2.14 bits per heavy atom. The van der Waals surface area contributed by atoms with Crippen LogP contribution in [0.1, 0.15) is 77.5 Å². The predicted octanol–water partition coefficient (Wildman–Crippen LogP) is 7.37. The molecule has 2 aromatic heterocycles. The molecule has 0 saturated carbocycles. The first-order chi connectivity index (χ1) is 32.5. The minimum Gasteiger partial charge on any atom is -0.480 e. The third-order valence-electron chi connectivity index (χ3n) is 8.66. The van der Waals surface area contributed by atoms with Crippen LogP contribution in [0.2, 0.25) is 10.3 Å². The molecule has 392 valence electrons. The van der Waals surface area contributed by atoms with Crippen LogP contribution < -0.4 is 26.5 Å². The molecule has 1 amide bonds. The van der Waals surface area contributed by atoms with Gasteiger partial charge in [-0.25, -0.2) is 13.8 Å². The van der Waals surface area contributed by atoms with Crippen LogP contribution >= 0.6 is 54.0 Å². The van der Waals surface area contributed by atoms with Gasteiger partial charge in [-0.2, -0.15) is 28.4 Å². The number of carbonyl (C=O) groups excluding carboxylic acids is 2. The van der Waals surface area contributed by atoms with E-state index in [0.717, 1.165) is 41.9 Å². The van der Waals surface area contributed by atoms with E-state index in [1.54, 1.807) is 18.9 Å². The van der Waals surface area contributed by atoms with Crippen molar-refractivity contribution in [3.63, 3.8) is 0 Å². The summed E-state index contributed by atoms with van der Waals surface area (Å²) in [5.41, 5.74) is 1.74. The van der Waals surface area contributed by atoms with Gasteiger partial charge in [0.1, 0.15) is 22.8 Å². The Morgan fingerprint density at radius 2 is 1.64 bits per heavy atom. The number of ether oxygens (including phenoxy) is 2. The number of para-hydroxylation sites is 1. The number of hydrogen-bond acceptors (Lipinski definition) is 14. The van der Waals surface area contributed by atoms with E-state index in [4.69, 9.17) is 70.8 Å². The highest BCUT2D eigenvalue weighted by molar-refractivity contribution is 7.51. The number of methoxy groups -OCH3 is 1. The van der Waals surface area contributed by atoms with Crippen molar-refractivity contribution >= 4 is 89.4 Å². The number of nitrogens with one attached hydrogen (secondary N) is 3. The third-order valence-corrected chi connectivity index (χ3v) is 10.4. The number of nitrogens with zero attached hydrogens (tertiary/aromatic N) is 7. The van der Waals surface area contributed by atoms with Gasteiger partial charge in [0.2, 0.25) is 23.1 Å². The van der Waals surface area contributed by atoms with Crippen molar-refractivity contribution in [3.8, 4) is 5.69 Å². The maximum atomic E-state index is 14.2. The number of halogens is 7. The largest absolute Gasteiger partial charge is 0.480 e. The number of carboxylic acids is 1. The van der Waals surface area contributed by atoms with Gasteiger partial charge in [0.15, 0.2) is 5.82 Å². The van der Waals surface area contributed by atoms with Crippen molar-refractivity contribution in [2.24, 2.45) is 0 Å². The average Bonchev–Trinajstić information content (AvgIpc) is 3.54. The topological polar surface area (TPSA) is 265 Å². The zero-order valence-electron chi connectivity index (χ0n) is 40.2. The molecule has 0 fully saturated rings. The summed E-state index contributed by atoms with van der Waals surface area (Å²) in [5.74, 6) is -2.20. The monoisotopic (exact) mass is 1090 g/mol. The normalized spacial score (nSPS) is 12.0. The second-order valence-electron chi connectivity index (χ2n) is 15.6. The van der Waals surface area contributed by atoms with Crippen LogP contribution in [0.25, 0.3) is 5.69 Å². The zero-order valence-corrected chi connectivity index (χ0v) is 44.1. The average molecular weight is 1090 g/mol. The van der Waals surface area contributed by atoms with E-state index in [9.17, 15) is 36.9 Å². The zero-order chi connectivity index (χ0) is 53.7. The van der Waals surface area contributed by atoms with Crippen LogP contribution in [0.4, 0.5) is 30.8 Å². The molecule has 70 heavy (non-hydrogen) atoms. The smallest absolute Gasteiger partial charge is 0.355 e. The summed E-state index contributed by atoms with van der Waals surface area (Å²) >= 11 is 23.4. The molecule has 0 radical (unpaired) electrons. The van der Waals surface area contributed by atoms with Gasteiger partial charge in [-0.1, -0.05) is 36.7 Å². The lowest BCUT2D eigenvalue weighted by molar-refractivity contribution is -0.142. The predicted molar refractivity (Wildman–Crippen MR) is 264 cm³/mol. The number of aliphatic carboxylic acids is 1. The first-order valence-corrected chi connectivity index (χ1v) is 24.7. The van der Waals surface area contributed by atoms with Crippen LogP contribution in [-0.2, 0) is 41.3 Å². The van der Waals surface area contributed by atoms with E-state index in [1.165, 1.54) is 6.92 Å². The summed E-state index contributed by atoms with van der Waals surface area (Å²) in [4.78, 5) is 75.9. The van der Waals surface area contributed by atoms with Crippen molar-refractivity contribution in [2.75, 3.05) is 61.1 Å². The lowest BCUT2D eigenvalue weighted by Crippen LogP contribution is -2.43. The number of carboxylic acid groups (broad SMARTS) is 1. The Bertz CT molecular complexity index is 2440. The number of rotatable bonds is 19. The second kappa shape index (κ2) is 30.3. The number of amides is 1. The van der Waals surface area contributed by atoms with E-state index >= 15 is 0 Å². The van der Waals surface area contributed by atoms with Gasteiger partial charge in [-0.05, 0) is 102 Å². The fraction of sp³-hybridized carbons (Fsp3) is 0.524. The molecule has 4 aromatic rings. The Labute approximate surface area is 423 Å². The molecule has 4 rings (SSSR count). The van der Waals surface area contributed by atoms with E-state index in [-0.39, 0.29) is 68.3 Å². The van der Waals surface area contributed by atoms with Crippen LogP contribution in [0.15, 0.2) is 35.1 Å². The molecule has 0 aliphatic carbocycles. The van der Waals surface area contributed by atoms with Crippen molar-refractivity contribution in [2.45, 2.75) is 98.7 Å². The van der Waals surface area contributed by atoms with Crippen LogP contribution in [0, 0.1) is 19.7 Å².